The van der Waals surface area contributed by atoms with Crippen LogP contribution >= 0.6 is 12.4 Å². The lowest BCUT2D eigenvalue weighted by molar-refractivity contribution is -0.274. The molecule has 2 rings (SSSR count). The molecule has 0 aliphatic heterocycles. The third kappa shape index (κ3) is 3.90. The van der Waals surface area contributed by atoms with Crippen molar-refractivity contribution in [1.29, 1.82) is 5.26 Å². The molecule has 2 aromatic rings. The van der Waals surface area contributed by atoms with Crippen LogP contribution in [0.15, 0.2) is 48.5 Å². The van der Waals surface area contributed by atoms with Crippen molar-refractivity contribution in [2.75, 3.05) is 0 Å². The van der Waals surface area contributed by atoms with Gasteiger partial charge >= 0.3 is 6.36 Å². The highest BCUT2D eigenvalue weighted by Gasteiger charge is 2.32. The van der Waals surface area contributed by atoms with E-state index in [1.807, 2.05) is 6.07 Å². The summed E-state index contributed by atoms with van der Waals surface area (Å²) in [5.74, 6) is -0.264. The van der Waals surface area contributed by atoms with Gasteiger partial charge in [-0.2, -0.15) is 5.26 Å². The summed E-state index contributed by atoms with van der Waals surface area (Å²) < 4.78 is 40.9. The van der Waals surface area contributed by atoms with Crippen LogP contribution in [0.2, 0.25) is 0 Å². The van der Waals surface area contributed by atoms with Gasteiger partial charge in [-0.25, -0.2) is 0 Å². The average molecular weight is 300 g/mol. The lowest BCUT2D eigenvalue weighted by atomic mass is 10.0. The predicted octanol–water partition coefficient (Wildman–Crippen LogP) is 4.55. The predicted molar refractivity (Wildman–Crippen MR) is 70.5 cm³/mol. The first-order valence-electron chi connectivity index (χ1n) is 5.35. The highest BCUT2D eigenvalue weighted by Crippen LogP contribution is 2.33. The minimum absolute atomic E-state index is 0. The molecule has 0 bridgehead atoms. The number of rotatable bonds is 2. The number of hydrogen-bond acceptors (Lipinski definition) is 2. The lowest BCUT2D eigenvalue weighted by Crippen LogP contribution is -2.17. The van der Waals surface area contributed by atoms with Gasteiger partial charge in [0.05, 0.1) is 11.6 Å². The molecule has 0 saturated heterocycles. The summed E-state index contributed by atoms with van der Waals surface area (Å²) in [6, 6.07) is 14.1. The van der Waals surface area contributed by atoms with Crippen molar-refractivity contribution in [3.63, 3.8) is 0 Å². The van der Waals surface area contributed by atoms with Crippen LogP contribution in [0.4, 0.5) is 13.2 Å². The number of alkyl halides is 3. The molecule has 20 heavy (non-hydrogen) atoms. The Labute approximate surface area is 119 Å². The first-order chi connectivity index (χ1) is 8.99. The van der Waals surface area contributed by atoms with Crippen molar-refractivity contribution in [3.05, 3.63) is 54.1 Å². The Morgan fingerprint density at radius 3 is 2.10 bits per heavy atom. The first-order valence-corrected chi connectivity index (χ1v) is 5.35. The van der Waals surface area contributed by atoms with Gasteiger partial charge in [0.15, 0.2) is 0 Å². The first kappa shape index (κ1) is 15.9. The smallest absolute Gasteiger partial charge is 0.405 e. The Hall–Kier alpha value is -2.19. The van der Waals surface area contributed by atoms with E-state index in [0.717, 1.165) is 0 Å². The second kappa shape index (κ2) is 6.31. The minimum Gasteiger partial charge on any atom is -0.405 e. The molecule has 0 aliphatic rings. The number of para-hydroxylation sites is 1. The summed E-state index contributed by atoms with van der Waals surface area (Å²) in [6.07, 6.45) is -4.73. The van der Waals surface area contributed by atoms with Gasteiger partial charge in [-0.15, -0.1) is 25.6 Å². The van der Waals surface area contributed by atoms with E-state index in [0.29, 0.717) is 16.7 Å². The molecule has 0 aromatic heterocycles. The third-order valence-corrected chi connectivity index (χ3v) is 2.44. The maximum absolute atomic E-state index is 12.3. The maximum Gasteiger partial charge on any atom is 0.573 e. The van der Waals surface area contributed by atoms with E-state index in [-0.39, 0.29) is 18.2 Å². The molecular formula is C14H9ClF3NO. The van der Waals surface area contributed by atoms with Gasteiger partial charge in [0.25, 0.3) is 0 Å². The van der Waals surface area contributed by atoms with Crippen molar-refractivity contribution in [2.45, 2.75) is 6.36 Å². The SMILES string of the molecule is Cl.N#Cc1ccc(-c2ccccc2OC(F)(F)F)cc1. The van der Waals surface area contributed by atoms with Crippen LogP contribution in [-0.2, 0) is 0 Å². The molecule has 2 nitrogen and oxygen atoms in total. The lowest BCUT2D eigenvalue weighted by Gasteiger charge is -2.13. The van der Waals surface area contributed by atoms with Crippen molar-refractivity contribution >= 4 is 12.4 Å². The molecule has 2 aromatic carbocycles. The van der Waals surface area contributed by atoms with Crippen LogP contribution in [0.1, 0.15) is 5.56 Å². The van der Waals surface area contributed by atoms with Crippen LogP contribution in [-0.4, -0.2) is 6.36 Å². The van der Waals surface area contributed by atoms with Gasteiger partial charge in [-0.05, 0) is 23.8 Å². The summed E-state index contributed by atoms with van der Waals surface area (Å²) >= 11 is 0. The van der Waals surface area contributed by atoms with Gasteiger partial charge in [0.1, 0.15) is 5.75 Å². The van der Waals surface area contributed by atoms with Crippen molar-refractivity contribution in [3.8, 4) is 22.9 Å². The van der Waals surface area contributed by atoms with E-state index in [2.05, 4.69) is 4.74 Å². The molecule has 0 N–H and O–H groups in total. The zero-order valence-corrected chi connectivity index (χ0v) is 10.8. The Bertz CT molecular complexity index is 618. The molecule has 0 fully saturated rings. The molecule has 6 heteroatoms. The molecular weight excluding hydrogens is 291 g/mol. The number of benzene rings is 2. The molecule has 0 radical (unpaired) electrons. The van der Waals surface area contributed by atoms with E-state index in [1.54, 1.807) is 30.3 Å². The Morgan fingerprint density at radius 2 is 1.55 bits per heavy atom. The highest BCUT2D eigenvalue weighted by molar-refractivity contribution is 5.85. The second-order valence-electron chi connectivity index (χ2n) is 3.73. The molecule has 0 unspecified atom stereocenters. The monoisotopic (exact) mass is 299 g/mol. The molecule has 0 aliphatic carbocycles. The van der Waals surface area contributed by atoms with E-state index in [9.17, 15) is 13.2 Å². The van der Waals surface area contributed by atoms with Crippen molar-refractivity contribution in [1.82, 2.24) is 0 Å². The summed E-state index contributed by atoms with van der Waals surface area (Å²) in [5.41, 5.74) is 1.32. The van der Waals surface area contributed by atoms with Crippen LogP contribution in [0, 0.1) is 11.3 Å². The molecule has 104 valence electrons. The Morgan fingerprint density at radius 1 is 0.950 bits per heavy atom. The number of ether oxygens (including phenoxy) is 1. The van der Waals surface area contributed by atoms with E-state index < -0.39 is 6.36 Å². The quantitative estimate of drug-likeness (QED) is 0.815. The second-order valence-corrected chi connectivity index (χ2v) is 3.73. The fraction of sp³-hybridized carbons (Fsp3) is 0.0714. The van der Waals surface area contributed by atoms with Gasteiger partial charge < -0.3 is 4.74 Å². The highest BCUT2D eigenvalue weighted by atomic mass is 35.5. The summed E-state index contributed by atoms with van der Waals surface area (Å²) in [4.78, 5) is 0. The van der Waals surface area contributed by atoms with Crippen LogP contribution in [0.25, 0.3) is 11.1 Å². The van der Waals surface area contributed by atoms with Crippen LogP contribution < -0.4 is 4.74 Å². The normalized spacial score (nSPS) is 10.3. The maximum atomic E-state index is 12.3. The largest absolute Gasteiger partial charge is 0.573 e. The van der Waals surface area contributed by atoms with E-state index in [4.69, 9.17) is 5.26 Å². The van der Waals surface area contributed by atoms with Crippen molar-refractivity contribution < 1.29 is 17.9 Å². The average Bonchev–Trinajstić information content (AvgIpc) is 2.38. The zero-order chi connectivity index (χ0) is 13.9. The van der Waals surface area contributed by atoms with Crippen LogP contribution in [0.5, 0.6) is 5.75 Å². The van der Waals surface area contributed by atoms with Gasteiger partial charge in [0.2, 0.25) is 0 Å². The van der Waals surface area contributed by atoms with Gasteiger partial charge in [-0.1, -0.05) is 30.3 Å². The molecule has 0 saturated carbocycles. The fourth-order valence-electron chi connectivity index (χ4n) is 1.64. The number of halogens is 4. The van der Waals surface area contributed by atoms with Gasteiger partial charge in [0, 0.05) is 5.56 Å². The number of hydrogen-bond donors (Lipinski definition) is 0. The Balaban J connectivity index is 0.00000200. The van der Waals surface area contributed by atoms with Crippen LogP contribution in [0.3, 0.4) is 0 Å². The van der Waals surface area contributed by atoms with E-state index in [1.165, 1.54) is 18.2 Å². The summed E-state index contributed by atoms with van der Waals surface area (Å²) in [7, 11) is 0. The molecule has 0 spiro atoms. The third-order valence-electron chi connectivity index (χ3n) is 2.44. The van der Waals surface area contributed by atoms with Crippen molar-refractivity contribution in [2.24, 2.45) is 0 Å². The Kier molecular flexibility index (Phi) is 5.00. The summed E-state index contributed by atoms with van der Waals surface area (Å²) in [5, 5.41) is 8.68. The van der Waals surface area contributed by atoms with E-state index >= 15 is 0 Å². The number of nitrogens with zero attached hydrogens (tertiary/aromatic N) is 1. The number of nitriles is 1. The molecule has 0 heterocycles. The minimum atomic E-state index is -4.73. The molecule has 0 amide bonds. The topological polar surface area (TPSA) is 33.0 Å². The van der Waals surface area contributed by atoms with Gasteiger partial charge in [-0.3, -0.25) is 0 Å². The standard InChI is InChI=1S/C14H8F3NO.ClH/c15-14(16,17)19-13-4-2-1-3-12(13)11-7-5-10(9-18)6-8-11;/h1-8H;1H. The zero-order valence-electron chi connectivity index (χ0n) is 10.0. The fourth-order valence-corrected chi connectivity index (χ4v) is 1.64. The molecule has 0 atom stereocenters. The summed E-state index contributed by atoms with van der Waals surface area (Å²) in [6.45, 7) is 0.